The summed E-state index contributed by atoms with van der Waals surface area (Å²) < 4.78 is 27.7. The van der Waals surface area contributed by atoms with E-state index < -0.39 is 16.0 Å². The van der Waals surface area contributed by atoms with Crippen molar-refractivity contribution in [3.05, 3.63) is 64.5 Å². The summed E-state index contributed by atoms with van der Waals surface area (Å²) in [6.45, 7) is 5.37. The molecule has 0 aliphatic carbocycles. The first-order valence-electron chi connectivity index (χ1n) is 8.65. The summed E-state index contributed by atoms with van der Waals surface area (Å²) in [5.74, 6) is -0.794. The normalized spacial score (nSPS) is 11.4. The van der Waals surface area contributed by atoms with Crippen LogP contribution in [0.25, 0.3) is 10.6 Å². The van der Waals surface area contributed by atoms with Gasteiger partial charge in [0.1, 0.15) is 5.01 Å². The Bertz CT molecular complexity index is 1120. The van der Waals surface area contributed by atoms with Gasteiger partial charge in [0.25, 0.3) is 10.0 Å². The number of nitrogens with zero attached hydrogens (tertiary/aromatic N) is 2. The van der Waals surface area contributed by atoms with Gasteiger partial charge in [0.05, 0.1) is 10.5 Å². The number of aromatic nitrogens is 1. The predicted molar refractivity (Wildman–Crippen MR) is 111 cm³/mol. The lowest BCUT2D eigenvalue weighted by atomic mass is 10.1. The molecule has 2 aromatic carbocycles. The lowest BCUT2D eigenvalue weighted by Crippen LogP contribution is -2.31. The van der Waals surface area contributed by atoms with E-state index in [2.05, 4.69) is 4.98 Å². The van der Waals surface area contributed by atoms with Gasteiger partial charge in [-0.2, -0.15) is 0 Å². The summed E-state index contributed by atoms with van der Waals surface area (Å²) in [6, 6.07) is 13.7. The largest absolute Gasteiger partial charge is 0.478 e. The highest BCUT2D eigenvalue weighted by Crippen LogP contribution is 2.35. The van der Waals surface area contributed by atoms with Crippen LogP contribution in [0.2, 0.25) is 0 Å². The zero-order valence-electron chi connectivity index (χ0n) is 15.7. The van der Waals surface area contributed by atoms with Gasteiger partial charge in [-0.3, -0.25) is 0 Å². The Hall–Kier alpha value is -2.71. The minimum absolute atomic E-state index is 0.0305. The maximum Gasteiger partial charge on any atom is 0.335 e. The number of carboxylic acid groups (broad SMARTS) is 1. The van der Waals surface area contributed by atoms with Crippen LogP contribution in [0.1, 0.15) is 27.7 Å². The van der Waals surface area contributed by atoms with Crippen molar-refractivity contribution in [2.24, 2.45) is 0 Å². The second kappa shape index (κ2) is 7.73. The van der Waals surface area contributed by atoms with Crippen LogP contribution in [0.15, 0.2) is 53.4 Å². The van der Waals surface area contributed by atoms with Crippen LogP contribution in [0.3, 0.4) is 0 Å². The summed E-state index contributed by atoms with van der Waals surface area (Å²) in [7, 11) is -3.95. The second-order valence-electron chi connectivity index (χ2n) is 6.22. The van der Waals surface area contributed by atoms with E-state index in [1.165, 1.54) is 33.8 Å². The minimum atomic E-state index is -3.95. The van der Waals surface area contributed by atoms with Crippen molar-refractivity contribution >= 4 is 33.1 Å². The van der Waals surface area contributed by atoms with Crippen LogP contribution in [0.5, 0.6) is 0 Å². The molecule has 0 amide bonds. The lowest BCUT2D eigenvalue weighted by molar-refractivity contribution is 0.0696. The van der Waals surface area contributed by atoms with Gasteiger partial charge in [0.15, 0.2) is 5.82 Å². The van der Waals surface area contributed by atoms with Gasteiger partial charge in [-0.25, -0.2) is 22.5 Å². The van der Waals surface area contributed by atoms with Crippen LogP contribution in [0.4, 0.5) is 5.82 Å². The van der Waals surface area contributed by atoms with Crippen molar-refractivity contribution in [2.45, 2.75) is 25.7 Å². The van der Waals surface area contributed by atoms with Gasteiger partial charge in [0.2, 0.25) is 0 Å². The SMILES string of the molecule is CCN(c1nc(-c2ccccc2)sc1C)S(=O)(=O)c1ccc(C)c(C(=O)O)c1. The average molecular weight is 417 g/mol. The molecule has 8 heteroatoms. The summed E-state index contributed by atoms with van der Waals surface area (Å²) in [4.78, 5) is 16.7. The Balaban J connectivity index is 2.08. The van der Waals surface area contributed by atoms with E-state index in [4.69, 9.17) is 0 Å². The number of hydrogen-bond donors (Lipinski definition) is 1. The quantitative estimate of drug-likeness (QED) is 0.646. The molecule has 0 aliphatic heterocycles. The van der Waals surface area contributed by atoms with Crippen molar-refractivity contribution in [1.29, 1.82) is 0 Å². The molecule has 3 aromatic rings. The summed E-state index contributed by atoms with van der Waals surface area (Å²) in [5, 5.41) is 10.1. The first kappa shape index (κ1) is 20.0. The molecule has 0 atom stereocenters. The Morgan fingerprint density at radius 3 is 2.43 bits per heavy atom. The monoisotopic (exact) mass is 416 g/mol. The van der Waals surface area contributed by atoms with E-state index >= 15 is 0 Å². The molecule has 1 heterocycles. The summed E-state index contributed by atoms with van der Waals surface area (Å²) >= 11 is 1.42. The smallest absolute Gasteiger partial charge is 0.335 e. The van der Waals surface area contributed by atoms with E-state index in [1.807, 2.05) is 37.3 Å². The Kier molecular flexibility index (Phi) is 5.53. The van der Waals surface area contributed by atoms with Crippen molar-refractivity contribution in [1.82, 2.24) is 4.98 Å². The predicted octanol–water partition coefficient (Wildman–Crippen LogP) is 4.34. The molecule has 1 N–H and O–H groups in total. The third-order valence-corrected chi connectivity index (χ3v) is 7.21. The first-order valence-corrected chi connectivity index (χ1v) is 10.9. The molecule has 146 valence electrons. The molecular weight excluding hydrogens is 396 g/mol. The molecule has 28 heavy (non-hydrogen) atoms. The van der Waals surface area contributed by atoms with Crippen molar-refractivity contribution < 1.29 is 18.3 Å². The van der Waals surface area contributed by atoms with Crippen molar-refractivity contribution in [2.75, 3.05) is 10.8 Å². The number of benzene rings is 2. The number of rotatable bonds is 6. The maximum atomic E-state index is 13.2. The molecule has 0 aliphatic rings. The van der Waals surface area contributed by atoms with E-state index in [0.717, 1.165) is 15.4 Å². The van der Waals surface area contributed by atoms with Gasteiger partial charge in [-0.05, 0) is 38.5 Å². The van der Waals surface area contributed by atoms with Gasteiger partial charge < -0.3 is 5.11 Å². The second-order valence-corrected chi connectivity index (χ2v) is 9.28. The molecule has 0 spiro atoms. The molecule has 1 aromatic heterocycles. The van der Waals surface area contributed by atoms with E-state index in [0.29, 0.717) is 11.4 Å². The number of carboxylic acids is 1. The van der Waals surface area contributed by atoms with Crippen LogP contribution in [0, 0.1) is 13.8 Å². The molecule has 0 bridgehead atoms. The fourth-order valence-corrected chi connectivity index (χ4v) is 5.36. The molecule has 0 radical (unpaired) electrons. The maximum absolute atomic E-state index is 13.2. The van der Waals surface area contributed by atoms with Crippen molar-refractivity contribution in [3.63, 3.8) is 0 Å². The number of aryl methyl sites for hydroxylation is 2. The molecular formula is C20H20N2O4S2. The van der Waals surface area contributed by atoms with Crippen molar-refractivity contribution in [3.8, 4) is 10.6 Å². The standard InChI is InChI=1S/C20H20N2O4S2/c1-4-22(18-14(3)27-19(21-18)15-8-6-5-7-9-15)28(25,26)16-11-10-13(2)17(12-16)20(23)24/h5-12H,4H2,1-3H3,(H,23,24). The topological polar surface area (TPSA) is 87.6 Å². The van der Waals surface area contributed by atoms with Crippen LogP contribution < -0.4 is 4.31 Å². The number of carbonyl (C=O) groups is 1. The average Bonchev–Trinajstić information content (AvgIpc) is 3.04. The van der Waals surface area contributed by atoms with Gasteiger partial charge in [-0.1, -0.05) is 36.4 Å². The van der Waals surface area contributed by atoms with Gasteiger partial charge in [0, 0.05) is 17.0 Å². The van der Waals surface area contributed by atoms with Crippen LogP contribution in [-0.2, 0) is 10.0 Å². The molecule has 0 unspecified atom stereocenters. The fraction of sp³-hybridized carbons (Fsp3) is 0.200. The zero-order valence-corrected chi connectivity index (χ0v) is 17.3. The first-order chi connectivity index (χ1) is 13.3. The van der Waals surface area contributed by atoms with Crippen LogP contribution in [-0.4, -0.2) is 31.0 Å². The van der Waals surface area contributed by atoms with Crippen LogP contribution >= 0.6 is 11.3 Å². The fourth-order valence-electron chi connectivity index (χ4n) is 2.88. The third kappa shape index (κ3) is 3.65. The number of hydrogen-bond acceptors (Lipinski definition) is 5. The highest BCUT2D eigenvalue weighted by molar-refractivity contribution is 7.92. The Morgan fingerprint density at radius 2 is 1.82 bits per heavy atom. The number of aromatic carboxylic acids is 1. The number of anilines is 1. The summed E-state index contributed by atoms with van der Waals surface area (Å²) in [6.07, 6.45) is 0. The van der Waals surface area contributed by atoms with Gasteiger partial charge >= 0.3 is 5.97 Å². The number of thiazole rings is 1. The highest BCUT2D eigenvalue weighted by atomic mass is 32.2. The minimum Gasteiger partial charge on any atom is -0.478 e. The van der Waals surface area contributed by atoms with E-state index in [1.54, 1.807) is 13.8 Å². The molecule has 0 fully saturated rings. The lowest BCUT2D eigenvalue weighted by Gasteiger charge is -2.21. The third-order valence-electron chi connectivity index (χ3n) is 4.34. The Morgan fingerprint density at radius 1 is 1.14 bits per heavy atom. The summed E-state index contributed by atoms with van der Waals surface area (Å²) in [5.41, 5.74) is 1.39. The Labute approximate surface area is 168 Å². The van der Waals surface area contributed by atoms with Gasteiger partial charge in [-0.15, -0.1) is 11.3 Å². The van der Waals surface area contributed by atoms with E-state index in [9.17, 15) is 18.3 Å². The molecule has 6 nitrogen and oxygen atoms in total. The van der Waals surface area contributed by atoms with E-state index in [-0.39, 0.29) is 17.0 Å². The molecule has 0 saturated heterocycles. The molecule has 3 rings (SSSR count). The zero-order chi connectivity index (χ0) is 20.5. The number of sulfonamides is 1. The molecule has 0 saturated carbocycles. The highest BCUT2D eigenvalue weighted by Gasteiger charge is 2.28.